The van der Waals surface area contributed by atoms with E-state index in [1.54, 1.807) is 0 Å². The van der Waals surface area contributed by atoms with E-state index in [1.807, 2.05) is 0 Å². The first-order valence-corrected chi connectivity index (χ1v) is 7.68. The van der Waals surface area contributed by atoms with Crippen LogP contribution in [0.15, 0.2) is 30.5 Å². The molecule has 0 radical (unpaired) electrons. The highest BCUT2D eigenvalue weighted by Crippen LogP contribution is 2.24. The lowest BCUT2D eigenvalue weighted by atomic mass is 9.96. The van der Waals surface area contributed by atoms with E-state index in [4.69, 9.17) is 0 Å². The summed E-state index contributed by atoms with van der Waals surface area (Å²) in [4.78, 5) is 2.61. The van der Waals surface area contributed by atoms with Crippen LogP contribution in [-0.2, 0) is 13.6 Å². The third kappa shape index (κ3) is 2.74. The monoisotopic (exact) mass is 271 g/mol. The van der Waals surface area contributed by atoms with Crippen molar-refractivity contribution in [2.45, 2.75) is 19.4 Å². The average molecular weight is 271 g/mol. The van der Waals surface area contributed by atoms with Gasteiger partial charge in [-0.2, -0.15) is 0 Å². The Morgan fingerprint density at radius 2 is 1.95 bits per heavy atom. The SMILES string of the molecule is CNCC1CCN(Cc2cn(C)c3ccccc23)CC1. The third-order valence-corrected chi connectivity index (χ3v) is 4.57. The molecule has 0 spiro atoms. The van der Waals surface area contributed by atoms with Crippen LogP contribution in [0.1, 0.15) is 18.4 Å². The van der Waals surface area contributed by atoms with Gasteiger partial charge in [-0.1, -0.05) is 18.2 Å². The van der Waals surface area contributed by atoms with Crippen molar-refractivity contribution >= 4 is 10.9 Å². The Morgan fingerprint density at radius 1 is 1.20 bits per heavy atom. The second kappa shape index (κ2) is 5.98. The second-order valence-electron chi connectivity index (χ2n) is 6.06. The summed E-state index contributed by atoms with van der Waals surface area (Å²) in [6.45, 7) is 4.72. The first-order chi connectivity index (χ1) is 9.78. The van der Waals surface area contributed by atoms with Crippen molar-refractivity contribution in [2.75, 3.05) is 26.7 Å². The van der Waals surface area contributed by atoms with Gasteiger partial charge in [0, 0.05) is 30.7 Å². The van der Waals surface area contributed by atoms with Crippen molar-refractivity contribution < 1.29 is 0 Å². The third-order valence-electron chi connectivity index (χ3n) is 4.57. The minimum absolute atomic E-state index is 0.865. The maximum absolute atomic E-state index is 3.31. The molecule has 3 rings (SSSR count). The first kappa shape index (κ1) is 13.7. The lowest BCUT2D eigenvalue weighted by molar-refractivity contribution is 0.177. The zero-order valence-corrected chi connectivity index (χ0v) is 12.6. The van der Waals surface area contributed by atoms with Gasteiger partial charge in [0.25, 0.3) is 0 Å². The summed E-state index contributed by atoms with van der Waals surface area (Å²) in [5, 5.41) is 4.72. The minimum atomic E-state index is 0.865. The molecule has 0 amide bonds. The first-order valence-electron chi connectivity index (χ1n) is 7.68. The van der Waals surface area contributed by atoms with E-state index in [0.717, 1.165) is 12.5 Å². The summed E-state index contributed by atoms with van der Waals surface area (Å²) in [7, 11) is 4.20. The number of hydrogen-bond donors (Lipinski definition) is 1. The van der Waals surface area contributed by atoms with Crippen molar-refractivity contribution in [1.29, 1.82) is 0 Å². The van der Waals surface area contributed by atoms with Gasteiger partial charge in [-0.3, -0.25) is 4.90 Å². The fourth-order valence-corrected chi connectivity index (χ4v) is 3.43. The van der Waals surface area contributed by atoms with E-state index in [9.17, 15) is 0 Å². The number of aromatic nitrogens is 1. The molecule has 0 bridgehead atoms. The molecule has 3 heteroatoms. The molecule has 2 aromatic rings. The van der Waals surface area contributed by atoms with Gasteiger partial charge in [-0.25, -0.2) is 0 Å². The van der Waals surface area contributed by atoms with E-state index >= 15 is 0 Å². The van der Waals surface area contributed by atoms with Crippen LogP contribution in [0.25, 0.3) is 10.9 Å². The quantitative estimate of drug-likeness (QED) is 0.922. The van der Waals surface area contributed by atoms with Crippen LogP contribution in [0.2, 0.25) is 0 Å². The maximum atomic E-state index is 3.31. The summed E-state index contributed by atoms with van der Waals surface area (Å²) < 4.78 is 2.25. The molecule has 1 N–H and O–H groups in total. The van der Waals surface area contributed by atoms with E-state index in [-0.39, 0.29) is 0 Å². The summed E-state index contributed by atoms with van der Waals surface area (Å²) >= 11 is 0. The summed E-state index contributed by atoms with van der Waals surface area (Å²) in [5.74, 6) is 0.865. The lowest BCUT2D eigenvalue weighted by Crippen LogP contribution is -2.36. The van der Waals surface area contributed by atoms with Gasteiger partial charge in [0.1, 0.15) is 0 Å². The number of benzene rings is 1. The zero-order chi connectivity index (χ0) is 13.9. The predicted molar refractivity (Wildman–Crippen MR) is 84.8 cm³/mol. The van der Waals surface area contributed by atoms with Crippen LogP contribution in [0.5, 0.6) is 0 Å². The normalized spacial score (nSPS) is 17.9. The Kier molecular flexibility index (Phi) is 4.08. The van der Waals surface area contributed by atoms with Crippen molar-refractivity contribution in [3.63, 3.8) is 0 Å². The molecule has 108 valence electrons. The fourth-order valence-electron chi connectivity index (χ4n) is 3.43. The number of nitrogens with zero attached hydrogens (tertiary/aromatic N) is 2. The molecule has 1 saturated heterocycles. The Hall–Kier alpha value is -1.32. The Balaban J connectivity index is 1.69. The zero-order valence-electron chi connectivity index (χ0n) is 12.6. The van der Waals surface area contributed by atoms with Crippen LogP contribution < -0.4 is 5.32 Å². The topological polar surface area (TPSA) is 20.2 Å². The number of piperidine rings is 1. The standard InChI is InChI=1S/C17H25N3/c1-18-11-14-7-9-20(10-8-14)13-15-12-19(2)17-6-4-3-5-16(15)17/h3-6,12,14,18H,7-11,13H2,1-2H3. The number of para-hydroxylation sites is 1. The Morgan fingerprint density at radius 3 is 2.70 bits per heavy atom. The van der Waals surface area contributed by atoms with E-state index < -0.39 is 0 Å². The van der Waals surface area contributed by atoms with Crippen LogP contribution >= 0.6 is 0 Å². The Bertz CT molecular complexity index is 565. The molecular weight excluding hydrogens is 246 g/mol. The number of likely N-dealkylation sites (tertiary alicyclic amines) is 1. The average Bonchev–Trinajstić information content (AvgIpc) is 2.79. The summed E-state index contributed by atoms with van der Waals surface area (Å²) in [6, 6.07) is 8.72. The second-order valence-corrected chi connectivity index (χ2v) is 6.06. The van der Waals surface area contributed by atoms with E-state index in [2.05, 4.69) is 59.3 Å². The number of aryl methyl sites for hydroxylation is 1. The highest BCUT2D eigenvalue weighted by Gasteiger charge is 2.19. The van der Waals surface area contributed by atoms with Gasteiger partial charge in [-0.15, -0.1) is 0 Å². The van der Waals surface area contributed by atoms with E-state index in [1.165, 1.54) is 48.9 Å². The van der Waals surface area contributed by atoms with Gasteiger partial charge in [0.05, 0.1) is 0 Å². The van der Waals surface area contributed by atoms with Gasteiger partial charge in [0.15, 0.2) is 0 Å². The molecule has 0 saturated carbocycles. The van der Waals surface area contributed by atoms with Crippen molar-refractivity contribution in [2.24, 2.45) is 13.0 Å². The van der Waals surface area contributed by atoms with Crippen LogP contribution in [0.3, 0.4) is 0 Å². The van der Waals surface area contributed by atoms with Crippen molar-refractivity contribution in [1.82, 2.24) is 14.8 Å². The van der Waals surface area contributed by atoms with Gasteiger partial charge in [0.2, 0.25) is 0 Å². The molecule has 1 fully saturated rings. The number of rotatable bonds is 4. The maximum Gasteiger partial charge on any atom is 0.0481 e. The molecule has 0 unspecified atom stereocenters. The van der Waals surface area contributed by atoms with Gasteiger partial charge < -0.3 is 9.88 Å². The van der Waals surface area contributed by atoms with Crippen molar-refractivity contribution in [3.8, 4) is 0 Å². The molecule has 20 heavy (non-hydrogen) atoms. The highest BCUT2D eigenvalue weighted by atomic mass is 15.1. The number of nitrogens with one attached hydrogen (secondary N) is 1. The molecule has 3 nitrogen and oxygen atoms in total. The van der Waals surface area contributed by atoms with Gasteiger partial charge >= 0.3 is 0 Å². The molecule has 0 aliphatic carbocycles. The van der Waals surface area contributed by atoms with Crippen LogP contribution in [0.4, 0.5) is 0 Å². The minimum Gasteiger partial charge on any atom is -0.350 e. The van der Waals surface area contributed by atoms with Crippen LogP contribution in [0, 0.1) is 5.92 Å². The lowest BCUT2D eigenvalue weighted by Gasteiger charge is -2.31. The molecule has 1 aromatic carbocycles. The fraction of sp³-hybridized carbons (Fsp3) is 0.529. The summed E-state index contributed by atoms with van der Waals surface area (Å²) in [5.41, 5.74) is 2.81. The molecular formula is C17H25N3. The largest absolute Gasteiger partial charge is 0.350 e. The van der Waals surface area contributed by atoms with E-state index in [0.29, 0.717) is 0 Å². The molecule has 1 aliphatic rings. The van der Waals surface area contributed by atoms with Crippen LogP contribution in [-0.4, -0.2) is 36.1 Å². The highest BCUT2D eigenvalue weighted by molar-refractivity contribution is 5.83. The smallest absolute Gasteiger partial charge is 0.0481 e. The van der Waals surface area contributed by atoms with Crippen molar-refractivity contribution in [3.05, 3.63) is 36.0 Å². The molecule has 1 aromatic heterocycles. The predicted octanol–water partition coefficient (Wildman–Crippen LogP) is 2.61. The summed E-state index contributed by atoms with van der Waals surface area (Å²) in [6.07, 6.45) is 4.95. The molecule has 0 atom stereocenters. The molecule has 1 aliphatic heterocycles. The molecule has 2 heterocycles. The number of hydrogen-bond acceptors (Lipinski definition) is 2. The number of fused-ring (bicyclic) bond motifs is 1. The Labute approximate surface area is 121 Å². The van der Waals surface area contributed by atoms with Gasteiger partial charge in [-0.05, 0) is 57.1 Å².